The summed E-state index contributed by atoms with van der Waals surface area (Å²) >= 11 is 5.96. The molecule has 0 saturated heterocycles. The van der Waals surface area contributed by atoms with Gasteiger partial charge < -0.3 is 10.1 Å². The fraction of sp³-hybridized carbons (Fsp3) is 0.167. The predicted octanol–water partition coefficient (Wildman–Crippen LogP) is 3.34. The molecule has 0 aliphatic carbocycles. The number of nitrogens with zero attached hydrogens (tertiary/aromatic N) is 3. The maximum absolute atomic E-state index is 12.1. The van der Waals surface area contributed by atoms with Gasteiger partial charge in [0.15, 0.2) is 0 Å². The van der Waals surface area contributed by atoms with Crippen LogP contribution in [0.3, 0.4) is 0 Å². The molecule has 0 spiro atoms. The van der Waals surface area contributed by atoms with Gasteiger partial charge >= 0.3 is 6.36 Å². The number of nitrogens with one attached hydrogen (secondary N) is 1. The zero-order valence-corrected chi connectivity index (χ0v) is 11.3. The van der Waals surface area contributed by atoms with E-state index < -0.39 is 12.1 Å². The molecule has 9 heteroatoms. The van der Waals surface area contributed by atoms with Crippen LogP contribution in [0.5, 0.6) is 5.75 Å². The van der Waals surface area contributed by atoms with Gasteiger partial charge in [-0.2, -0.15) is 10.4 Å². The first-order chi connectivity index (χ1) is 9.85. The first-order valence-corrected chi connectivity index (χ1v) is 5.95. The van der Waals surface area contributed by atoms with Crippen molar-refractivity contribution in [2.24, 2.45) is 0 Å². The number of rotatable bonds is 3. The number of hydrogen-bond donors (Lipinski definition) is 1. The molecule has 1 heterocycles. The third-order valence-corrected chi connectivity index (χ3v) is 2.81. The van der Waals surface area contributed by atoms with E-state index in [1.165, 1.54) is 16.9 Å². The molecule has 0 saturated carbocycles. The molecule has 2 aromatic rings. The second kappa shape index (κ2) is 5.54. The van der Waals surface area contributed by atoms with Gasteiger partial charge in [-0.1, -0.05) is 11.6 Å². The van der Waals surface area contributed by atoms with Gasteiger partial charge in [0.05, 0.1) is 16.9 Å². The van der Waals surface area contributed by atoms with Crippen LogP contribution in [0.4, 0.5) is 19.0 Å². The number of benzene rings is 1. The maximum atomic E-state index is 12.1. The van der Waals surface area contributed by atoms with E-state index in [0.717, 1.165) is 12.1 Å². The fourth-order valence-electron chi connectivity index (χ4n) is 1.71. The molecule has 0 atom stereocenters. The van der Waals surface area contributed by atoms with Crippen molar-refractivity contribution < 1.29 is 17.9 Å². The summed E-state index contributed by atoms with van der Waals surface area (Å²) in [7, 11) is 1.59. The predicted molar refractivity (Wildman–Crippen MR) is 69.5 cm³/mol. The van der Waals surface area contributed by atoms with Crippen LogP contribution in [-0.4, -0.2) is 23.2 Å². The first kappa shape index (κ1) is 15.0. The Morgan fingerprint density at radius 2 is 2.14 bits per heavy atom. The Kier molecular flexibility index (Phi) is 3.95. The monoisotopic (exact) mass is 316 g/mol. The molecule has 1 aromatic heterocycles. The molecule has 0 bridgehead atoms. The van der Waals surface area contributed by atoms with Gasteiger partial charge in [-0.15, -0.1) is 13.2 Å². The molecular weight excluding hydrogens is 309 g/mol. The lowest BCUT2D eigenvalue weighted by Crippen LogP contribution is -2.17. The molecule has 1 N–H and O–H groups in total. The van der Waals surface area contributed by atoms with Crippen molar-refractivity contribution in [1.82, 2.24) is 9.78 Å². The van der Waals surface area contributed by atoms with Crippen LogP contribution in [0.25, 0.3) is 5.69 Å². The largest absolute Gasteiger partial charge is 0.573 e. The fourth-order valence-corrected chi connectivity index (χ4v) is 1.96. The molecule has 0 unspecified atom stereocenters. The summed E-state index contributed by atoms with van der Waals surface area (Å²) in [5.74, 6) is -0.0567. The van der Waals surface area contributed by atoms with Crippen molar-refractivity contribution >= 4 is 17.4 Å². The lowest BCUT2D eigenvalue weighted by molar-refractivity contribution is -0.274. The minimum Gasteiger partial charge on any atom is -0.406 e. The smallest absolute Gasteiger partial charge is 0.406 e. The highest BCUT2D eigenvalue weighted by Gasteiger charge is 2.31. The third-order valence-electron chi connectivity index (χ3n) is 2.51. The van der Waals surface area contributed by atoms with Gasteiger partial charge in [-0.05, 0) is 12.1 Å². The molecule has 0 radical (unpaired) electrons. The number of aromatic nitrogens is 2. The van der Waals surface area contributed by atoms with E-state index in [0.29, 0.717) is 11.5 Å². The van der Waals surface area contributed by atoms with Crippen molar-refractivity contribution in [2.75, 3.05) is 12.4 Å². The minimum absolute atomic E-state index is 0.000778. The number of anilines is 1. The summed E-state index contributed by atoms with van der Waals surface area (Å²) in [6.07, 6.45) is -3.47. The third kappa shape index (κ3) is 3.20. The van der Waals surface area contributed by atoms with Crippen LogP contribution >= 0.6 is 11.6 Å². The van der Waals surface area contributed by atoms with Crippen molar-refractivity contribution in [2.45, 2.75) is 6.36 Å². The molecule has 5 nitrogen and oxygen atoms in total. The van der Waals surface area contributed by atoms with Crippen molar-refractivity contribution in [3.8, 4) is 17.5 Å². The average Bonchev–Trinajstić information content (AvgIpc) is 2.79. The number of halogens is 4. The van der Waals surface area contributed by atoms with E-state index in [1.54, 1.807) is 7.05 Å². The summed E-state index contributed by atoms with van der Waals surface area (Å²) in [4.78, 5) is 0. The van der Waals surface area contributed by atoms with Crippen LogP contribution in [0.2, 0.25) is 5.02 Å². The van der Waals surface area contributed by atoms with Crippen LogP contribution in [0.15, 0.2) is 24.4 Å². The van der Waals surface area contributed by atoms with E-state index in [9.17, 15) is 13.2 Å². The molecule has 0 fully saturated rings. The number of ether oxygens (including phenoxy) is 1. The molecule has 21 heavy (non-hydrogen) atoms. The molecule has 0 aliphatic heterocycles. The topological polar surface area (TPSA) is 62.9 Å². The number of hydrogen-bond acceptors (Lipinski definition) is 4. The molecule has 0 aliphatic rings. The van der Waals surface area contributed by atoms with Gasteiger partial charge in [-0.25, -0.2) is 4.68 Å². The highest BCUT2D eigenvalue weighted by molar-refractivity contribution is 6.32. The van der Waals surface area contributed by atoms with Gasteiger partial charge in [0.2, 0.25) is 0 Å². The normalized spacial score (nSPS) is 11.0. The number of alkyl halides is 3. The van der Waals surface area contributed by atoms with E-state index in [-0.39, 0.29) is 10.6 Å². The Balaban J connectivity index is 2.43. The van der Waals surface area contributed by atoms with E-state index in [2.05, 4.69) is 15.2 Å². The highest BCUT2D eigenvalue weighted by Crippen LogP contribution is 2.31. The lowest BCUT2D eigenvalue weighted by atomic mass is 10.3. The standard InChI is InChI=1S/C12H8ClF3N4O/c1-18-11-7(5-17)6-19-20(11)10-3-2-8(4-9(10)13)21-12(14,15)16/h2-4,6,18H,1H3. The molecular formula is C12H8ClF3N4O. The van der Waals surface area contributed by atoms with Crippen LogP contribution in [-0.2, 0) is 0 Å². The average molecular weight is 317 g/mol. The zero-order chi connectivity index (χ0) is 15.6. The maximum Gasteiger partial charge on any atom is 0.573 e. The van der Waals surface area contributed by atoms with E-state index in [1.807, 2.05) is 6.07 Å². The summed E-state index contributed by atoms with van der Waals surface area (Å²) in [6.45, 7) is 0. The van der Waals surface area contributed by atoms with Crippen LogP contribution in [0, 0.1) is 11.3 Å². The Morgan fingerprint density at radius 3 is 2.67 bits per heavy atom. The Labute approximate surface area is 122 Å². The molecule has 110 valence electrons. The molecule has 2 rings (SSSR count). The van der Waals surface area contributed by atoms with E-state index in [4.69, 9.17) is 16.9 Å². The van der Waals surface area contributed by atoms with Crippen molar-refractivity contribution in [3.63, 3.8) is 0 Å². The summed E-state index contributed by atoms with van der Waals surface area (Å²) in [5, 5.41) is 15.7. The van der Waals surface area contributed by atoms with Crippen LogP contribution in [0.1, 0.15) is 5.56 Å². The van der Waals surface area contributed by atoms with Crippen LogP contribution < -0.4 is 10.1 Å². The number of nitriles is 1. The second-order valence-corrected chi connectivity index (χ2v) is 4.25. The SMILES string of the molecule is CNc1c(C#N)cnn1-c1ccc(OC(F)(F)F)cc1Cl. The summed E-state index contributed by atoms with van der Waals surface area (Å²) < 4.78 is 41.5. The minimum atomic E-state index is -4.79. The van der Waals surface area contributed by atoms with Gasteiger partial charge in [0.25, 0.3) is 0 Å². The van der Waals surface area contributed by atoms with Gasteiger partial charge in [0.1, 0.15) is 23.2 Å². The van der Waals surface area contributed by atoms with Crippen molar-refractivity contribution in [1.29, 1.82) is 5.26 Å². The quantitative estimate of drug-likeness (QED) is 0.943. The Morgan fingerprint density at radius 1 is 1.43 bits per heavy atom. The first-order valence-electron chi connectivity index (χ1n) is 5.57. The summed E-state index contributed by atoms with van der Waals surface area (Å²) in [5.41, 5.74) is 0.598. The van der Waals surface area contributed by atoms with Gasteiger partial charge in [0, 0.05) is 13.1 Å². The highest BCUT2D eigenvalue weighted by atomic mass is 35.5. The van der Waals surface area contributed by atoms with Crippen molar-refractivity contribution in [3.05, 3.63) is 35.0 Å². The Hall–Kier alpha value is -2.40. The zero-order valence-electron chi connectivity index (χ0n) is 10.6. The summed E-state index contributed by atoms with van der Waals surface area (Å²) in [6, 6.07) is 5.39. The lowest BCUT2D eigenvalue weighted by Gasteiger charge is -2.12. The second-order valence-electron chi connectivity index (χ2n) is 3.84. The van der Waals surface area contributed by atoms with E-state index >= 15 is 0 Å². The van der Waals surface area contributed by atoms with Gasteiger partial charge in [-0.3, -0.25) is 0 Å². The Bertz CT molecular complexity index is 706. The molecule has 0 amide bonds. The molecule has 1 aromatic carbocycles.